The van der Waals surface area contributed by atoms with Gasteiger partial charge in [-0.3, -0.25) is 9.78 Å². The Labute approximate surface area is 147 Å². The molecule has 0 spiro atoms. The lowest BCUT2D eigenvalue weighted by Crippen LogP contribution is -2.29. The Bertz CT molecular complexity index is 692. The molecule has 2 aromatic heterocycles. The maximum atomic E-state index is 12.5. The summed E-state index contributed by atoms with van der Waals surface area (Å²) in [5.41, 5.74) is 2.19. The van der Waals surface area contributed by atoms with Crippen molar-refractivity contribution in [2.75, 3.05) is 20.6 Å². The fourth-order valence-electron chi connectivity index (χ4n) is 3.06. The van der Waals surface area contributed by atoms with Crippen LogP contribution in [-0.2, 0) is 11.3 Å². The van der Waals surface area contributed by atoms with Gasteiger partial charge in [-0.05, 0) is 56.1 Å². The Morgan fingerprint density at radius 1 is 1.42 bits per heavy atom. The zero-order valence-corrected chi connectivity index (χ0v) is 15.0. The van der Waals surface area contributed by atoms with Crippen LogP contribution in [0.2, 0.25) is 0 Å². The molecule has 1 atom stereocenters. The van der Waals surface area contributed by atoms with E-state index in [1.54, 1.807) is 17.4 Å². The van der Waals surface area contributed by atoms with E-state index in [1.807, 2.05) is 48.8 Å². The van der Waals surface area contributed by atoms with Gasteiger partial charge in [-0.15, -0.1) is 11.3 Å². The number of pyridine rings is 1. The lowest BCUT2D eigenvalue weighted by Gasteiger charge is -2.23. The van der Waals surface area contributed by atoms with E-state index in [1.165, 1.54) is 5.56 Å². The number of likely N-dealkylation sites (tertiary alicyclic amines) is 1. The van der Waals surface area contributed by atoms with Crippen molar-refractivity contribution in [3.05, 3.63) is 58.1 Å². The fourth-order valence-corrected chi connectivity index (χ4v) is 3.68. The van der Waals surface area contributed by atoms with Gasteiger partial charge in [-0.2, -0.15) is 0 Å². The van der Waals surface area contributed by atoms with Gasteiger partial charge >= 0.3 is 0 Å². The van der Waals surface area contributed by atoms with E-state index < -0.39 is 0 Å². The molecule has 1 fully saturated rings. The second kappa shape index (κ2) is 7.73. The van der Waals surface area contributed by atoms with Gasteiger partial charge in [0.2, 0.25) is 5.91 Å². The van der Waals surface area contributed by atoms with E-state index in [9.17, 15) is 4.79 Å². The highest BCUT2D eigenvalue weighted by atomic mass is 32.1. The van der Waals surface area contributed by atoms with Crippen molar-refractivity contribution >= 4 is 23.3 Å². The van der Waals surface area contributed by atoms with Crippen molar-refractivity contribution in [3.63, 3.8) is 0 Å². The molecule has 126 valence electrons. The quantitative estimate of drug-likeness (QED) is 0.780. The van der Waals surface area contributed by atoms with Gasteiger partial charge in [0.15, 0.2) is 0 Å². The van der Waals surface area contributed by atoms with Crippen LogP contribution in [0, 0.1) is 0 Å². The van der Waals surface area contributed by atoms with Gasteiger partial charge in [-0.25, -0.2) is 0 Å². The number of carbonyl (C=O) groups is 1. The van der Waals surface area contributed by atoms with Crippen LogP contribution < -0.4 is 0 Å². The van der Waals surface area contributed by atoms with Gasteiger partial charge in [0, 0.05) is 30.2 Å². The van der Waals surface area contributed by atoms with Crippen molar-refractivity contribution in [1.82, 2.24) is 14.8 Å². The van der Waals surface area contributed by atoms with E-state index in [4.69, 9.17) is 0 Å². The number of aromatic nitrogens is 1. The van der Waals surface area contributed by atoms with Crippen molar-refractivity contribution < 1.29 is 4.79 Å². The molecular formula is C19H23N3OS. The molecule has 0 aromatic carbocycles. The monoisotopic (exact) mass is 341 g/mol. The zero-order valence-electron chi connectivity index (χ0n) is 14.2. The summed E-state index contributed by atoms with van der Waals surface area (Å²) in [6, 6.07) is 8.29. The Kier molecular flexibility index (Phi) is 5.43. The molecule has 1 aliphatic heterocycles. The number of nitrogens with zero attached hydrogens (tertiary/aromatic N) is 3. The molecule has 24 heavy (non-hydrogen) atoms. The molecule has 5 heteroatoms. The minimum absolute atomic E-state index is 0.0741. The summed E-state index contributed by atoms with van der Waals surface area (Å²) < 4.78 is 0. The van der Waals surface area contributed by atoms with Gasteiger partial charge in [0.1, 0.15) is 0 Å². The summed E-state index contributed by atoms with van der Waals surface area (Å²) in [5.74, 6) is 0.0741. The van der Waals surface area contributed by atoms with Crippen LogP contribution in [0.3, 0.4) is 0 Å². The topological polar surface area (TPSA) is 36.4 Å². The van der Waals surface area contributed by atoms with Crippen LogP contribution in [-0.4, -0.2) is 41.3 Å². The van der Waals surface area contributed by atoms with Crippen LogP contribution in [0.5, 0.6) is 0 Å². The van der Waals surface area contributed by atoms with Crippen LogP contribution in [0.4, 0.5) is 0 Å². The first-order valence-electron chi connectivity index (χ1n) is 8.25. The van der Waals surface area contributed by atoms with Gasteiger partial charge in [0.05, 0.1) is 11.7 Å². The van der Waals surface area contributed by atoms with Crippen LogP contribution >= 0.6 is 11.3 Å². The normalized spacial score (nSPS) is 18.0. The highest BCUT2D eigenvalue weighted by Crippen LogP contribution is 2.31. The zero-order chi connectivity index (χ0) is 16.9. The Morgan fingerprint density at radius 2 is 2.29 bits per heavy atom. The summed E-state index contributed by atoms with van der Waals surface area (Å²) in [5, 5.41) is 2.02. The predicted molar refractivity (Wildman–Crippen MR) is 98.7 cm³/mol. The molecule has 2 aromatic rings. The Hall–Kier alpha value is -1.98. The van der Waals surface area contributed by atoms with Gasteiger partial charge in [0.25, 0.3) is 0 Å². The highest BCUT2D eigenvalue weighted by Gasteiger charge is 2.29. The average molecular weight is 341 g/mol. The van der Waals surface area contributed by atoms with Crippen LogP contribution in [0.25, 0.3) is 6.08 Å². The molecule has 4 nitrogen and oxygen atoms in total. The Morgan fingerprint density at radius 3 is 2.96 bits per heavy atom. The minimum atomic E-state index is 0.0741. The number of hydrogen-bond donors (Lipinski definition) is 0. The molecule has 0 bridgehead atoms. The molecule has 1 amide bonds. The van der Waals surface area contributed by atoms with E-state index in [0.29, 0.717) is 0 Å². The van der Waals surface area contributed by atoms with Gasteiger partial charge < -0.3 is 9.80 Å². The lowest BCUT2D eigenvalue weighted by molar-refractivity contribution is -0.126. The predicted octanol–water partition coefficient (Wildman–Crippen LogP) is 3.58. The molecule has 1 unspecified atom stereocenters. The second-order valence-corrected chi connectivity index (χ2v) is 7.35. The molecule has 0 saturated carbocycles. The third kappa shape index (κ3) is 4.10. The molecule has 3 heterocycles. The maximum Gasteiger partial charge on any atom is 0.247 e. The first-order chi connectivity index (χ1) is 11.6. The number of hydrogen-bond acceptors (Lipinski definition) is 4. The smallest absolute Gasteiger partial charge is 0.247 e. The van der Waals surface area contributed by atoms with Crippen LogP contribution in [0.15, 0.2) is 41.9 Å². The van der Waals surface area contributed by atoms with E-state index >= 15 is 0 Å². The highest BCUT2D eigenvalue weighted by molar-refractivity contribution is 7.10. The van der Waals surface area contributed by atoms with E-state index in [2.05, 4.69) is 22.0 Å². The third-order valence-corrected chi connectivity index (χ3v) is 4.99. The van der Waals surface area contributed by atoms with Gasteiger partial charge in [-0.1, -0.05) is 12.1 Å². The SMILES string of the molecule is CN(C)Cc1ccc(C2CCCN2C(=O)/C=C/c2cccs2)nc1. The Balaban J connectivity index is 1.69. The third-order valence-electron chi connectivity index (χ3n) is 4.16. The first-order valence-corrected chi connectivity index (χ1v) is 9.13. The summed E-state index contributed by atoms with van der Waals surface area (Å²) in [7, 11) is 4.09. The number of thiophene rings is 1. The molecule has 0 aliphatic carbocycles. The number of rotatable bonds is 5. The summed E-state index contributed by atoms with van der Waals surface area (Å²) in [4.78, 5) is 22.3. The molecule has 0 radical (unpaired) electrons. The van der Waals surface area contributed by atoms with Crippen LogP contribution in [0.1, 0.15) is 35.0 Å². The molecule has 1 saturated heterocycles. The van der Waals surface area contributed by atoms with Crippen molar-refractivity contribution in [3.8, 4) is 0 Å². The average Bonchev–Trinajstić information content (AvgIpc) is 3.24. The maximum absolute atomic E-state index is 12.5. The number of carbonyl (C=O) groups excluding carboxylic acids is 1. The minimum Gasteiger partial charge on any atom is -0.331 e. The lowest BCUT2D eigenvalue weighted by atomic mass is 10.1. The largest absolute Gasteiger partial charge is 0.331 e. The summed E-state index contributed by atoms with van der Waals surface area (Å²) in [6.07, 6.45) is 7.53. The summed E-state index contributed by atoms with van der Waals surface area (Å²) in [6.45, 7) is 1.68. The van der Waals surface area contributed by atoms with Crippen molar-refractivity contribution in [1.29, 1.82) is 0 Å². The standard InChI is InChI=1S/C19H23N3OS/c1-21(2)14-15-7-9-17(20-13-15)18-6-3-11-22(18)19(23)10-8-16-5-4-12-24-16/h4-5,7-10,12-13,18H,3,6,11,14H2,1-2H3/b10-8+. The molecule has 0 N–H and O–H groups in total. The summed E-state index contributed by atoms with van der Waals surface area (Å²) >= 11 is 1.64. The van der Waals surface area contributed by atoms with Crippen molar-refractivity contribution in [2.45, 2.75) is 25.4 Å². The van der Waals surface area contributed by atoms with E-state index in [0.717, 1.165) is 36.5 Å². The number of amides is 1. The first kappa shape index (κ1) is 16.9. The molecule has 3 rings (SSSR count). The molecular weight excluding hydrogens is 318 g/mol. The molecule has 1 aliphatic rings. The fraction of sp³-hybridized carbons (Fsp3) is 0.368. The van der Waals surface area contributed by atoms with E-state index in [-0.39, 0.29) is 11.9 Å². The second-order valence-electron chi connectivity index (χ2n) is 6.37. The van der Waals surface area contributed by atoms with Crippen molar-refractivity contribution in [2.24, 2.45) is 0 Å².